The zero-order chi connectivity index (χ0) is 20.9. The van der Waals surface area contributed by atoms with Gasteiger partial charge in [0, 0.05) is 12.1 Å². The molecule has 0 saturated heterocycles. The molecule has 4 heteroatoms. The van der Waals surface area contributed by atoms with Crippen LogP contribution in [0.2, 0.25) is 0 Å². The van der Waals surface area contributed by atoms with Crippen molar-refractivity contribution in [3.8, 4) is 34.1 Å². The molecule has 0 amide bonds. The Hall–Kier alpha value is -2.36. The van der Waals surface area contributed by atoms with Crippen LogP contribution in [0, 0.1) is 0 Å². The first-order chi connectivity index (χ1) is 14.2. The molecule has 0 saturated carbocycles. The van der Waals surface area contributed by atoms with Gasteiger partial charge in [0.15, 0.2) is 0 Å². The van der Waals surface area contributed by atoms with Crippen molar-refractivity contribution in [2.75, 3.05) is 27.9 Å². The molecule has 0 N–H and O–H groups in total. The fourth-order valence-electron chi connectivity index (χ4n) is 3.43. The number of rotatable bonds is 14. The molecule has 0 aliphatic rings. The van der Waals surface area contributed by atoms with Gasteiger partial charge in [0.2, 0.25) is 0 Å². The Balaban J connectivity index is 1.87. The van der Waals surface area contributed by atoms with Crippen molar-refractivity contribution in [3.05, 3.63) is 36.4 Å². The highest BCUT2D eigenvalue weighted by Crippen LogP contribution is 2.42. The molecular weight excluding hydrogens is 364 g/mol. The second kappa shape index (κ2) is 13.0. The summed E-state index contributed by atoms with van der Waals surface area (Å²) in [4.78, 5) is 0. The quantitative estimate of drug-likeness (QED) is 0.323. The average molecular weight is 401 g/mol. The van der Waals surface area contributed by atoms with Gasteiger partial charge in [-0.2, -0.15) is 0 Å². The summed E-state index contributed by atoms with van der Waals surface area (Å²) in [5, 5.41) is 0. The van der Waals surface area contributed by atoms with Gasteiger partial charge in [-0.1, -0.05) is 64.0 Å². The largest absolute Gasteiger partial charge is 0.496 e. The maximum Gasteiger partial charge on any atom is 0.134 e. The molecule has 2 rings (SSSR count). The molecule has 0 spiro atoms. The number of methoxy groups -OCH3 is 3. The second-order valence-electron chi connectivity index (χ2n) is 7.25. The van der Waals surface area contributed by atoms with Crippen LogP contribution in [-0.2, 0) is 0 Å². The maximum atomic E-state index is 5.91. The molecule has 2 aromatic carbocycles. The topological polar surface area (TPSA) is 36.9 Å². The molecule has 0 heterocycles. The van der Waals surface area contributed by atoms with Crippen LogP contribution in [-0.4, -0.2) is 27.9 Å². The van der Waals surface area contributed by atoms with Crippen molar-refractivity contribution in [2.24, 2.45) is 0 Å². The van der Waals surface area contributed by atoms with Crippen LogP contribution < -0.4 is 18.9 Å². The summed E-state index contributed by atoms with van der Waals surface area (Å²) in [6.07, 6.45) is 10.4. The van der Waals surface area contributed by atoms with Gasteiger partial charge in [-0.15, -0.1) is 0 Å². The SMILES string of the molecule is CCCCCCCCCCOc1ccc(-c2c(OC)cc(OC)cc2OC)cc1. The Morgan fingerprint density at radius 2 is 1.17 bits per heavy atom. The normalized spacial score (nSPS) is 10.6. The van der Waals surface area contributed by atoms with Gasteiger partial charge >= 0.3 is 0 Å². The number of hydrogen-bond donors (Lipinski definition) is 0. The first kappa shape index (κ1) is 22.9. The summed E-state index contributed by atoms with van der Waals surface area (Å²) >= 11 is 0. The summed E-state index contributed by atoms with van der Waals surface area (Å²) in [6, 6.07) is 11.8. The van der Waals surface area contributed by atoms with Gasteiger partial charge in [-0.3, -0.25) is 0 Å². The lowest BCUT2D eigenvalue weighted by molar-refractivity contribution is 0.304. The van der Waals surface area contributed by atoms with E-state index in [4.69, 9.17) is 18.9 Å². The first-order valence-corrected chi connectivity index (χ1v) is 10.8. The molecular formula is C25H36O4. The van der Waals surface area contributed by atoms with E-state index < -0.39 is 0 Å². The fourth-order valence-corrected chi connectivity index (χ4v) is 3.43. The Bertz CT molecular complexity index is 684. The minimum Gasteiger partial charge on any atom is -0.496 e. The Morgan fingerprint density at radius 1 is 0.621 bits per heavy atom. The predicted octanol–water partition coefficient (Wildman–Crippen LogP) is 6.90. The van der Waals surface area contributed by atoms with E-state index in [1.54, 1.807) is 21.3 Å². The molecule has 4 nitrogen and oxygen atoms in total. The summed E-state index contributed by atoms with van der Waals surface area (Å²) in [5.74, 6) is 3.03. The lowest BCUT2D eigenvalue weighted by Crippen LogP contribution is -1.98. The molecule has 29 heavy (non-hydrogen) atoms. The highest BCUT2D eigenvalue weighted by atomic mass is 16.5. The number of ether oxygens (including phenoxy) is 4. The van der Waals surface area contributed by atoms with Crippen LogP contribution >= 0.6 is 0 Å². The lowest BCUT2D eigenvalue weighted by atomic mass is 10.0. The third-order valence-corrected chi connectivity index (χ3v) is 5.12. The molecule has 2 aromatic rings. The van der Waals surface area contributed by atoms with Crippen molar-refractivity contribution in [2.45, 2.75) is 58.3 Å². The molecule has 0 fully saturated rings. The van der Waals surface area contributed by atoms with E-state index in [2.05, 4.69) is 6.92 Å². The summed E-state index contributed by atoms with van der Waals surface area (Å²) < 4.78 is 22.3. The van der Waals surface area contributed by atoms with Crippen LogP contribution in [0.4, 0.5) is 0 Å². The lowest BCUT2D eigenvalue weighted by Gasteiger charge is -2.15. The Morgan fingerprint density at radius 3 is 1.69 bits per heavy atom. The van der Waals surface area contributed by atoms with Crippen LogP contribution in [0.3, 0.4) is 0 Å². The summed E-state index contributed by atoms with van der Waals surface area (Å²) in [6.45, 7) is 3.03. The minimum atomic E-state index is 0.702. The van der Waals surface area contributed by atoms with E-state index in [-0.39, 0.29) is 0 Å². The summed E-state index contributed by atoms with van der Waals surface area (Å²) in [7, 11) is 4.94. The van der Waals surface area contributed by atoms with Gasteiger partial charge < -0.3 is 18.9 Å². The molecule has 0 unspecified atom stereocenters. The molecule has 0 radical (unpaired) electrons. The van der Waals surface area contributed by atoms with E-state index in [9.17, 15) is 0 Å². The Labute approximate surface area is 176 Å². The van der Waals surface area contributed by atoms with E-state index in [1.165, 1.54) is 44.9 Å². The molecule has 0 aliphatic carbocycles. The van der Waals surface area contributed by atoms with Crippen molar-refractivity contribution in [3.63, 3.8) is 0 Å². The van der Waals surface area contributed by atoms with Gasteiger partial charge in [0.1, 0.15) is 23.0 Å². The van der Waals surface area contributed by atoms with E-state index in [0.717, 1.165) is 29.9 Å². The predicted molar refractivity (Wildman–Crippen MR) is 120 cm³/mol. The van der Waals surface area contributed by atoms with Gasteiger partial charge in [-0.25, -0.2) is 0 Å². The van der Waals surface area contributed by atoms with E-state index in [1.807, 2.05) is 36.4 Å². The zero-order valence-corrected chi connectivity index (χ0v) is 18.5. The second-order valence-corrected chi connectivity index (χ2v) is 7.25. The molecule has 0 bridgehead atoms. The van der Waals surface area contributed by atoms with E-state index in [0.29, 0.717) is 17.2 Å². The van der Waals surface area contributed by atoms with Crippen molar-refractivity contribution < 1.29 is 18.9 Å². The summed E-state index contributed by atoms with van der Waals surface area (Å²) in [5.41, 5.74) is 1.92. The highest BCUT2D eigenvalue weighted by Gasteiger charge is 2.15. The number of hydrogen-bond acceptors (Lipinski definition) is 4. The minimum absolute atomic E-state index is 0.702. The average Bonchev–Trinajstić information content (AvgIpc) is 2.77. The van der Waals surface area contributed by atoms with Crippen molar-refractivity contribution in [1.29, 1.82) is 0 Å². The molecule has 160 valence electrons. The number of benzene rings is 2. The van der Waals surface area contributed by atoms with Crippen LogP contribution in [0.15, 0.2) is 36.4 Å². The van der Waals surface area contributed by atoms with Crippen molar-refractivity contribution in [1.82, 2.24) is 0 Å². The van der Waals surface area contributed by atoms with Crippen molar-refractivity contribution >= 4 is 0 Å². The monoisotopic (exact) mass is 400 g/mol. The smallest absolute Gasteiger partial charge is 0.134 e. The third kappa shape index (κ3) is 7.19. The zero-order valence-electron chi connectivity index (χ0n) is 18.5. The van der Waals surface area contributed by atoms with Crippen LogP contribution in [0.5, 0.6) is 23.0 Å². The maximum absolute atomic E-state index is 5.91. The number of unbranched alkanes of at least 4 members (excludes halogenated alkanes) is 7. The molecule has 0 atom stereocenters. The molecule has 0 aromatic heterocycles. The van der Waals surface area contributed by atoms with Gasteiger partial charge in [0.05, 0.1) is 33.5 Å². The Kier molecular flexibility index (Phi) is 10.3. The van der Waals surface area contributed by atoms with Gasteiger partial charge in [-0.05, 0) is 24.1 Å². The molecule has 0 aliphatic heterocycles. The highest BCUT2D eigenvalue weighted by molar-refractivity contribution is 5.78. The third-order valence-electron chi connectivity index (χ3n) is 5.12. The van der Waals surface area contributed by atoms with Crippen LogP contribution in [0.1, 0.15) is 58.3 Å². The van der Waals surface area contributed by atoms with Gasteiger partial charge in [0.25, 0.3) is 0 Å². The van der Waals surface area contributed by atoms with Crippen LogP contribution in [0.25, 0.3) is 11.1 Å². The fraction of sp³-hybridized carbons (Fsp3) is 0.520. The first-order valence-electron chi connectivity index (χ1n) is 10.8. The standard InChI is InChI=1S/C25H36O4/c1-5-6-7-8-9-10-11-12-17-29-21-15-13-20(14-16-21)25-23(27-3)18-22(26-2)19-24(25)28-4/h13-16,18-19H,5-12,17H2,1-4H3. The van der Waals surface area contributed by atoms with E-state index >= 15 is 0 Å².